The number of hydrogen-bond donors (Lipinski definition) is 2. The van der Waals surface area contributed by atoms with Crippen LogP contribution in [0, 0.1) is 0 Å². The van der Waals surface area contributed by atoms with Gasteiger partial charge in [-0.05, 0) is 55.1 Å². The molecule has 1 fully saturated rings. The first-order valence-electron chi connectivity index (χ1n) is 10.1. The van der Waals surface area contributed by atoms with E-state index in [2.05, 4.69) is 64.1 Å². The summed E-state index contributed by atoms with van der Waals surface area (Å²) in [6.45, 7) is 4.16. The lowest BCUT2D eigenvalue weighted by Gasteiger charge is -2.34. The van der Waals surface area contributed by atoms with E-state index in [9.17, 15) is 4.79 Å². The number of methoxy groups -OCH3 is 1. The third-order valence-corrected chi connectivity index (χ3v) is 6.05. The Hall–Kier alpha value is -1.79. The average Bonchev–Trinajstić information content (AvgIpc) is 3.16. The normalized spacial score (nSPS) is 16.8. The van der Waals surface area contributed by atoms with Crippen molar-refractivity contribution < 1.29 is 9.53 Å². The van der Waals surface area contributed by atoms with Crippen molar-refractivity contribution in [3.63, 3.8) is 0 Å². The number of nitrogens with zero attached hydrogens (tertiary/aromatic N) is 1. The SMILES string of the molecule is COC1(C(=O)NCc2ccc(CN3CCc4ccccc43)cc2)CCNCC1.Cl.Cl. The number of ether oxygens (including phenoxy) is 1. The number of anilines is 1. The third kappa shape index (κ3) is 5.27. The van der Waals surface area contributed by atoms with Crippen molar-refractivity contribution in [2.75, 3.05) is 31.6 Å². The fraction of sp³-hybridized carbons (Fsp3) is 0.435. The Kier molecular flexibility index (Phi) is 8.98. The standard InChI is InChI=1S/C23H29N3O2.2ClH/c1-28-23(11-13-24-14-12-23)22(27)25-16-18-6-8-19(9-7-18)17-26-15-10-20-4-2-3-5-21(20)26;;/h2-9,24H,10-17H2,1H3,(H,25,27);2*1H. The van der Waals surface area contributed by atoms with Gasteiger partial charge >= 0.3 is 0 Å². The Balaban J connectivity index is 0.00000160. The van der Waals surface area contributed by atoms with E-state index in [4.69, 9.17) is 4.74 Å². The lowest BCUT2D eigenvalue weighted by molar-refractivity contribution is -0.146. The highest BCUT2D eigenvalue weighted by molar-refractivity contribution is 5.86. The maximum Gasteiger partial charge on any atom is 0.252 e. The number of piperidine rings is 1. The summed E-state index contributed by atoms with van der Waals surface area (Å²) in [6.07, 6.45) is 2.55. The molecule has 1 saturated heterocycles. The van der Waals surface area contributed by atoms with Gasteiger partial charge in [-0.15, -0.1) is 24.8 Å². The molecular weight excluding hydrogens is 421 g/mol. The molecule has 2 aliphatic heterocycles. The molecule has 5 nitrogen and oxygen atoms in total. The van der Waals surface area contributed by atoms with Crippen molar-refractivity contribution in [1.82, 2.24) is 10.6 Å². The van der Waals surface area contributed by atoms with Crippen molar-refractivity contribution in [1.29, 1.82) is 0 Å². The van der Waals surface area contributed by atoms with E-state index in [1.54, 1.807) is 7.11 Å². The molecule has 2 heterocycles. The fourth-order valence-electron chi connectivity index (χ4n) is 4.25. The predicted octanol–water partition coefficient (Wildman–Crippen LogP) is 3.48. The summed E-state index contributed by atoms with van der Waals surface area (Å²) in [5, 5.41) is 6.34. The molecule has 0 atom stereocenters. The highest BCUT2D eigenvalue weighted by Gasteiger charge is 2.39. The second kappa shape index (κ2) is 11.0. The lowest BCUT2D eigenvalue weighted by atomic mass is 9.91. The largest absolute Gasteiger partial charge is 0.368 e. The molecule has 4 rings (SSSR count). The van der Waals surface area contributed by atoms with E-state index in [0.29, 0.717) is 19.4 Å². The highest BCUT2D eigenvalue weighted by atomic mass is 35.5. The zero-order valence-corrected chi connectivity index (χ0v) is 19.0. The molecule has 0 aromatic heterocycles. The molecule has 2 N–H and O–H groups in total. The summed E-state index contributed by atoms with van der Waals surface area (Å²) in [6, 6.07) is 17.2. The summed E-state index contributed by atoms with van der Waals surface area (Å²) in [4.78, 5) is 15.1. The van der Waals surface area contributed by atoms with Crippen LogP contribution in [0.4, 0.5) is 5.69 Å². The fourth-order valence-corrected chi connectivity index (χ4v) is 4.25. The maximum atomic E-state index is 12.7. The van der Waals surface area contributed by atoms with Crippen molar-refractivity contribution >= 4 is 36.4 Å². The van der Waals surface area contributed by atoms with E-state index < -0.39 is 5.60 Å². The number of amides is 1. The van der Waals surface area contributed by atoms with Crippen LogP contribution in [0.2, 0.25) is 0 Å². The Bertz CT molecular complexity index is 823. The number of carbonyl (C=O) groups excluding carboxylic acids is 1. The van der Waals surface area contributed by atoms with Gasteiger partial charge in [0.05, 0.1) is 0 Å². The van der Waals surface area contributed by atoms with E-state index in [1.807, 2.05) is 0 Å². The van der Waals surface area contributed by atoms with Crippen molar-refractivity contribution in [3.8, 4) is 0 Å². The molecule has 2 aromatic rings. The summed E-state index contributed by atoms with van der Waals surface area (Å²) < 4.78 is 5.59. The van der Waals surface area contributed by atoms with Gasteiger partial charge in [0, 0.05) is 32.4 Å². The average molecular weight is 452 g/mol. The minimum absolute atomic E-state index is 0. The highest BCUT2D eigenvalue weighted by Crippen LogP contribution is 2.29. The van der Waals surface area contributed by atoms with E-state index in [0.717, 1.165) is 38.2 Å². The first kappa shape index (κ1) is 24.5. The topological polar surface area (TPSA) is 53.6 Å². The van der Waals surface area contributed by atoms with Crippen LogP contribution in [0.3, 0.4) is 0 Å². The second-order valence-electron chi connectivity index (χ2n) is 7.75. The first-order chi connectivity index (χ1) is 13.7. The monoisotopic (exact) mass is 451 g/mol. The molecule has 0 aliphatic carbocycles. The zero-order valence-electron chi connectivity index (χ0n) is 17.4. The van der Waals surface area contributed by atoms with Gasteiger partial charge < -0.3 is 20.3 Å². The molecular formula is C23H31Cl2N3O2. The van der Waals surface area contributed by atoms with Crippen molar-refractivity contribution in [2.45, 2.75) is 38.0 Å². The Morgan fingerprint density at radius 3 is 2.43 bits per heavy atom. The van der Waals surface area contributed by atoms with Gasteiger partial charge in [0.2, 0.25) is 0 Å². The van der Waals surface area contributed by atoms with Crippen LogP contribution in [-0.4, -0.2) is 38.3 Å². The molecule has 0 spiro atoms. The van der Waals surface area contributed by atoms with Crippen LogP contribution in [-0.2, 0) is 29.0 Å². The number of rotatable bonds is 6. The maximum absolute atomic E-state index is 12.7. The van der Waals surface area contributed by atoms with Crippen LogP contribution in [0.25, 0.3) is 0 Å². The zero-order chi connectivity index (χ0) is 19.4. The second-order valence-corrected chi connectivity index (χ2v) is 7.75. The molecule has 2 aliphatic rings. The molecule has 1 amide bonds. The van der Waals surface area contributed by atoms with E-state index >= 15 is 0 Å². The molecule has 30 heavy (non-hydrogen) atoms. The Morgan fingerprint density at radius 2 is 1.73 bits per heavy atom. The van der Waals surface area contributed by atoms with Crippen LogP contribution in [0.1, 0.15) is 29.5 Å². The third-order valence-electron chi connectivity index (χ3n) is 6.05. The first-order valence-corrected chi connectivity index (χ1v) is 10.1. The summed E-state index contributed by atoms with van der Waals surface area (Å²) in [7, 11) is 1.64. The van der Waals surface area contributed by atoms with Gasteiger partial charge in [-0.2, -0.15) is 0 Å². The van der Waals surface area contributed by atoms with E-state index in [1.165, 1.54) is 16.8 Å². The van der Waals surface area contributed by atoms with Gasteiger partial charge in [0.1, 0.15) is 5.60 Å². The molecule has 7 heteroatoms. The van der Waals surface area contributed by atoms with Gasteiger partial charge in [0.15, 0.2) is 0 Å². The Morgan fingerprint density at radius 1 is 1.07 bits per heavy atom. The van der Waals surface area contributed by atoms with Crippen molar-refractivity contribution in [2.24, 2.45) is 0 Å². The van der Waals surface area contributed by atoms with Gasteiger partial charge in [-0.1, -0.05) is 42.5 Å². The van der Waals surface area contributed by atoms with Crippen LogP contribution in [0.15, 0.2) is 48.5 Å². The number of benzene rings is 2. The van der Waals surface area contributed by atoms with Crippen molar-refractivity contribution in [3.05, 3.63) is 65.2 Å². The number of halogens is 2. The summed E-state index contributed by atoms with van der Waals surface area (Å²) >= 11 is 0. The Labute approximate surface area is 191 Å². The van der Waals surface area contributed by atoms with Gasteiger partial charge in [-0.3, -0.25) is 4.79 Å². The lowest BCUT2D eigenvalue weighted by Crippen LogP contribution is -2.53. The number of fused-ring (bicyclic) bond motifs is 1. The van der Waals surface area contributed by atoms with Crippen LogP contribution >= 0.6 is 24.8 Å². The molecule has 164 valence electrons. The molecule has 2 aromatic carbocycles. The smallest absolute Gasteiger partial charge is 0.252 e. The number of hydrogen-bond acceptors (Lipinski definition) is 4. The van der Waals surface area contributed by atoms with Gasteiger partial charge in [-0.25, -0.2) is 0 Å². The summed E-state index contributed by atoms with van der Waals surface area (Å²) in [5.41, 5.74) is 4.50. The number of para-hydroxylation sites is 1. The van der Waals surface area contributed by atoms with E-state index in [-0.39, 0.29) is 30.7 Å². The predicted molar refractivity (Wildman–Crippen MR) is 126 cm³/mol. The summed E-state index contributed by atoms with van der Waals surface area (Å²) in [5.74, 6) is -0.00532. The quantitative estimate of drug-likeness (QED) is 0.705. The minimum Gasteiger partial charge on any atom is -0.368 e. The molecule has 0 bridgehead atoms. The molecule has 0 saturated carbocycles. The molecule has 0 radical (unpaired) electrons. The molecule has 0 unspecified atom stereocenters. The number of nitrogens with one attached hydrogen (secondary N) is 2. The minimum atomic E-state index is -0.686. The van der Waals surface area contributed by atoms with Gasteiger partial charge in [0.25, 0.3) is 5.91 Å². The van der Waals surface area contributed by atoms with Crippen LogP contribution in [0.5, 0.6) is 0 Å². The number of carbonyl (C=O) groups is 1. The van der Waals surface area contributed by atoms with Crippen LogP contribution < -0.4 is 15.5 Å².